The van der Waals surface area contributed by atoms with E-state index >= 15 is 0 Å². The number of nitrogens with one attached hydrogen (secondary N) is 1. The van der Waals surface area contributed by atoms with Gasteiger partial charge in [-0.25, -0.2) is 0 Å². The molecule has 3 rings (SSSR count). The van der Waals surface area contributed by atoms with Gasteiger partial charge in [0.1, 0.15) is 5.75 Å². The van der Waals surface area contributed by atoms with E-state index in [1.54, 1.807) is 0 Å². The average Bonchev–Trinajstić information content (AvgIpc) is 2.60. The number of hydrogen-bond donors (Lipinski definition) is 1. The van der Waals surface area contributed by atoms with Crippen molar-refractivity contribution in [1.29, 1.82) is 0 Å². The van der Waals surface area contributed by atoms with Gasteiger partial charge in [0, 0.05) is 13.1 Å². The standard InChI is InChI=1S/C19H23NO3/c1-2-21-18-5-3-4-6-19(18)23-16-9-7-15(8-10-16)13-17-14-20-11-12-22-17/h3-10,17,20H,2,11-14H2,1H3. The lowest BCUT2D eigenvalue weighted by Crippen LogP contribution is -2.39. The van der Waals surface area contributed by atoms with Gasteiger partial charge in [-0.3, -0.25) is 0 Å². The number of hydrogen-bond acceptors (Lipinski definition) is 4. The molecule has 1 atom stereocenters. The summed E-state index contributed by atoms with van der Waals surface area (Å²) in [6.07, 6.45) is 1.18. The lowest BCUT2D eigenvalue weighted by atomic mass is 10.1. The fraction of sp³-hybridized carbons (Fsp3) is 0.368. The first kappa shape index (κ1) is 15.8. The van der Waals surface area contributed by atoms with E-state index in [4.69, 9.17) is 14.2 Å². The van der Waals surface area contributed by atoms with Crippen LogP contribution >= 0.6 is 0 Å². The van der Waals surface area contributed by atoms with Gasteiger partial charge in [-0.2, -0.15) is 0 Å². The quantitative estimate of drug-likeness (QED) is 0.887. The number of benzene rings is 2. The first-order valence-corrected chi connectivity index (χ1v) is 8.16. The molecule has 0 radical (unpaired) electrons. The van der Waals surface area contributed by atoms with Crippen LogP contribution in [0.15, 0.2) is 48.5 Å². The van der Waals surface area contributed by atoms with E-state index in [9.17, 15) is 0 Å². The minimum Gasteiger partial charge on any atom is -0.490 e. The highest BCUT2D eigenvalue weighted by Gasteiger charge is 2.14. The van der Waals surface area contributed by atoms with E-state index in [1.807, 2.05) is 43.3 Å². The third kappa shape index (κ3) is 4.47. The van der Waals surface area contributed by atoms with Crippen LogP contribution in [0.5, 0.6) is 17.2 Å². The maximum Gasteiger partial charge on any atom is 0.169 e. The van der Waals surface area contributed by atoms with Gasteiger partial charge in [0.2, 0.25) is 0 Å². The second-order valence-electron chi connectivity index (χ2n) is 5.53. The van der Waals surface area contributed by atoms with Gasteiger partial charge in [0.15, 0.2) is 11.5 Å². The largest absolute Gasteiger partial charge is 0.490 e. The molecule has 0 aliphatic carbocycles. The monoisotopic (exact) mass is 313 g/mol. The van der Waals surface area contributed by atoms with Crippen molar-refractivity contribution in [2.75, 3.05) is 26.3 Å². The van der Waals surface area contributed by atoms with Crippen molar-refractivity contribution in [2.24, 2.45) is 0 Å². The van der Waals surface area contributed by atoms with Crippen molar-refractivity contribution in [2.45, 2.75) is 19.4 Å². The van der Waals surface area contributed by atoms with Crippen LogP contribution in [0.3, 0.4) is 0 Å². The van der Waals surface area contributed by atoms with E-state index in [1.165, 1.54) is 5.56 Å². The number of rotatable bonds is 6. The molecule has 1 saturated heterocycles. The number of morpholine rings is 1. The number of ether oxygens (including phenoxy) is 3. The molecular weight excluding hydrogens is 290 g/mol. The van der Waals surface area contributed by atoms with E-state index in [-0.39, 0.29) is 6.10 Å². The fourth-order valence-electron chi connectivity index (χ4n) is 2.64. The molecule has 4 heteroatoms. The van der Waals surface area contributed by atoms with Crippen LogP contribution < -0.4 is 14.8 Å². The Morgan fingerprint density at radius 2 is 1.87 bits per heavy atom. The van der Waals surface area contributed by atoms with Crippen LogP contribution in [0, 0.1) is 0 Å². The van der Waals surface area contributed by atoms with Gasteiger partial charge in [-0.15, -0.1) is 0 Å². The summed E-state index contributed by atoms with van der Waals surface area (Å²) in [6.45, 7) is 5.24. The zero-order valence-electron chi connectivity index (χ0n) is 13.5. The Morgan fingerprint density at radius 1 is 1.09 bits per heavy atom. The van der Waals surface area contributed by atoms with Gasteiger partial charge in [-0.1, -0.05) is 24.3 Å². The fourth-order valence-corrected chi connectivity index (χ4v) is 2.64. The Labute approximate surface area is 137 Å². The zero-order valence-corrected chi connectivity index (χ0v) is 13.5. The van der Waals surface area contributed by atoms with Crippen molar-refractivity contribution in [3.05, 3.63) is 54.1 Å². The van der Waals surface area contributed by atoms with Crippen molar-refractivity contribution in [1.82, 2.24) is 5.32 Å². The topological polar surface area (TPSA) is 39.7 Å². The van der Waals surface area contributed by atoms with Crippen LogP contribution in [-0.4, -0.2) is 32.4 Å². The van der Waals surface area contributed by atoms with Gasteiger partial charge >= 0.3 is 0 Å². The van der Waals surface area contributed by atoms with Gasteiger partial charge in [0.25, 0.3) is 0 Å². The summed E-state index contributed by atoms with van der Waals surface area (Å²) < 4.78 is 17.3. The lowest BCUT2D eigenvalue weighted by Gasteiger charge is -2.23. The molecule has 1 unspecified atom stereocenters. The first-order valence-electron chi connectivity index (χ1n) is 8.16. The Morgan fingerprint density at radius 3 is 2.57 bits per heavy atom. The van der Waals surface area contributed by atoms with Crippen molar-refractivity contribution >= 4 is 0 Å². The molecule has 0 bridgehead atoms. The van der Waals surface area contributed by atoms with Crippen LogP contribution in [-0.2, 0) is 11.2 Å². The predicted molar refractivity (Wildman–Crippen MR) is 90.4 cm³/mol. The Hall–Kier alpha value is -2.04. The van der Waals surface area contributed by atoms with Crippen molar-refractivity contribution in [3.8, 4) is 17.2 Å². The number of para-hydroxylation sites is 2. The van der Waals surface area contributed by atoms with Gasteiger partial charge < -0.3 is 19.5 Å². The molecule has 23 heavy (non-hydrogen) atoms. The Kier molecular flexibility index (Phi) is 5.51. The maximum absolute atomic E-state index is 5.94. The van der Waals surface area contributed by atoms with E-state index in [0.717, 1.165) is 43.4 Å². The predicted octanol–water partition coefficient (Wildman–Crippen LogP) is 3.41. The third-order valence-corrected chi connectivity index (χ3v) is 3.77. The van der Waals surface area contributed by atoms with Crippen molar-refractivity contribution < 1.29 is 14.2 Å². The highest BCUT2D eigenvalue weighted by Crippen LogP contribution is 2.31. The van der Waals surface area contributed by atoms with Gasteiger partial charge in [-0.05, 0) is 43.2 Å². The molecule has 1 fully saturated rings. The SMILES string of the molecule is CCOc1ccccc1Oc1ccc(CC2CNCCO2)cc1. The second-order valence-corrected chi connectivity index (χ2v) is 5.53. The molecule has 0 aromatic heterocycles. The molecule has 0 spiro atoms. The molecule has 1 aliphatic rings. The second kappa shape index (κ2) is 7.99. The van der Waals surface area contributed by atoms with Crippen LogP contribution in [0.2, 0.25) is 0 Å². The Balaban J connectivity index is 1.63. The minimum absolute atomic E-state index is 0.259. The zero-order chi connectivity index (χ0) is 15.9. The first-order chi connectivity index (χ1) is 11.3. The molecule has 0 amide bonds. The van der Waals surface area contributed by atoms with Crippen LogP contribution in [0.1, 0.15) is 12.5 Å². The van der Waals surface area contributed by atoms with Gasteiger partial charge in [0.05, 0.1) is 19.3 Å². The van der Waals surface area contributed by atoms with E-state index in [2.05, 4.69) is 17.4 Å². The third-order valence-electron chi connectivity index (χ3n) is 3.77. The molecule has 2 aromatic carbocycles. The molecule has 2 aromatic rings. The molecular formula is C19H23NO3. The summed E-state index contributed by atoms with van der Waals surface area (Å²) in [6, 6.07) is 15.9. The average molecular weight is 313 g/mol. The van der Waals surface area contributed by atoms with E-state index in [0.29, 0.717) is 6.61 Å². The maximum atomic E-state index is 5.94. The Bertz CT molecular complexity index is 606. The minimum atomic E-state index is 0.259. The summed E-state index contributed by atoms with van der Waals surface area (Å²) in [5, 5.41) is 3.35. The normalized spacial score (nSPS) is 17.7. The van der Waals surface area contributed by atoms with Crippen LogP contribution in [0.4, 0.5) is 0 Å². The molecule has 1 aliphatic heterocycles. The smallest absolute Gasteiger partial charge is 0.169 e. The summed E-state index contributed by atoms with van der Waals surface area (Å²) in [5.74, 6) is 2.31. The summed E-state index contributed by atoms with van der Waals surface area (Å²) in [5.41, 5.74) is 1.25. The lowest BCUT2D eigenvalue weighted by molar-refractivity contribution is 0.0292. The summed E-state index contributed by atoms with van der Waals surface area (Å²) in [7, 11) is 0. The molecule has 4 nitrogen and oxygen atoms in total. The molecule has 1 N–H and O–H groups in total. The summed E-state index contributed by atoms with van der Waals surface area (Å²) >= 11 is 0. The van der Waals surface area contributed by atoms with E-state index < -0.39 is 0 Å². The highest BCUT2D eigenvalue weighted by molar-refractivity contribution is 5.43. The molecule has 0 saturated carbocycles. The van der Waals surface area contributed by atoms with Crippen LogP contribution in [0.25, 0.3) is 0 Å². The summed E-state index contributed by atoms with van der Waals surface area (Å²) in [4.78, 5) is 0. The molecule has 122 valence electrons. The highest BCUT2D eigenvalue weighted by atomic mass is 16.5. The van der Waals surface area contributed by atoms with Crippen molar-refractivity contribution in [3.63, 3.8) is 0 Å². The molecule has 1 heterocycles.